The fourth-order valence-corrected chi connectivity index (χ4v) is 3.41. The van der Waals surface area contributed by atoms with Crippen molar-refractivity contribution in [2.24, 2.45) is 0 Å². The molecule has 0 aliphatic rings. The van der Waals surface area contributed by atoms with E-state index in [1.165, 1.54) is 6.92 Å². The van der Waals surface area contributed by atoms with Crippen molar-refractivity contribution in [3.05, 3.63) is 90.0 Å². The fourth-order valence-electron chi connectivity index (χ4n) is 3.41. The molecule has 1 aromatic heterocycles. The predicted octanol–water partition coefficient (Wildman–Crippen LogP) is 5.76. The standard InChI is InChI=1S/C26H22N2O3/c1-3-31-21-13-11-18(12-14-21)25-16-23(22-9-4-5-10-24(22)28-25)26(30)27-20-8-6-7-19(15-20)17(2)29/h4-16H,3H2,1-2H3,(H,27,30). The van der Waals surface area contributed by atoms with Gasteiger partial charge in [0.25, 0.3) is 5.91 Å². The molecule has 31 heavy (non-hydrogen) atoms. The largest absolute Gasteiger partial charge is 0.494 e. The summed E-state index contributed by atoms with van der Waals surface area (Å²) in [6.07, 6.45) is 0. The summed E-state index contributed by atoms with van der Waals surface area (Å²) in [5, 5.41) is 3.67. The molecule has 0 spiro atoms. The van der Waals surface area contributed by atoms with Crippen LogP contribution in [-0.2, 0) is 0 Å². The van der Waals surface area contributed by atoms with E-state index < -0.39 is 0 Å². The zero-order valence-corrected chi connectivity index (χ0v) is 17.4. The highest BCUT2D eigenvalue weighted by Gasteiger charge is 2.15. The van der Waals surface area contributed by atoms with Crippen LogP contribution >= 0.6 is 0 Å². The maximum atomic E-state index is 13.2. The van der Waals surface area contributed by atoms with Crippen molar-refractivity contribution in [1.29, 1.82) is 0 Å². The van der Waals surface area contributed by atoms with E-state index in [0.717, 1.165) is 22.2 Å². The number of amides is 1. The van der Waals surface area contributed by atoms with E-state index >= 15 is 0 Å². The van der Waals surface area contributed by atoms with Crippen LogP contribution in [0.3, 0.4) is 0 Å². The Morgan fingerprint density at radius 3 is 2.45 bits per heavy atom. The molecule has 0 saturated carbocycles. The van der Waals surface area contributed by atoms with E-state index in [9.17, 15) is 9.59 Å². The second-order valence-corrected chi connectivity index (χ2v) is 7.12. The van der Waals surface area contributed by atoms with Gasteiger partial charge in [0.1, 0.15) is 5.75 Å². The number of aromatic nitrogens is 1. The predicted molar refractivity (Wildman–Crippen MR) is 123 cm³/mol. The molecule has 154 valence electrons. The Morgan fingerprint density at radius 1 is 0.935 bits per heavy atom. The number of ether oxygens (including phenoxy) is 1. The molecule has 5 heteroatoms. The summed E-state index contributed by atoms with van der Waals surface area (Å²) >= 11 is 0. The second-order valence-electron chi connectivity index (χ2n) is 7.12. The van der Waals surface area contributed by atoms with Crippen LogP contribution in [0.25, 0.3) is 22.2 Å². The van der Waals surface area contributed by atoms with Gasteiger partial charge in [-0.15, -0.1) is 0 Å². The number of hydrogen-bond acceptors (Lipinski definition) is 4. The first kappa shape index (κ1) is 20.3. The lowest BCUT2D eigenvalue weighted by Gasteiger charge is -2.11. The Labute approximate surface area is 180 Å². The average Bonchev–Trinajstić information content (AvgIpc) is 2.79. The maximum absolute atomic E-state index is 13.2. The SMILES string of the molecule is CCOc1ccc(-c2cc(C(=O)Nc3cccc(C(C)=O)c3)c3ccccc3n2)cc1. The van der Waals surface area contributed by atoms with Gasteiger partial charge >= 0.3 is 0 Å². The Balaban J connectivity index is 1.73. The molecule has 0 aliphatic heterocycles. The molecule has 0 aliphatic carbocycles. The minimum absolute atomic E-state index is 0.0526. The van der Waals surface area contributed by atoms with E-state index in [0.29, 0.717) is 29.1 Å². The number of fused-ring (bicyclic) bond motifs is 1. The van der Waals surface area contributed by atoms with Gasteiger partial charge in [0.15, 0.2) is 5.78 Å². The van der Waals surface area contributed by atoms with Crippen LogP contribution in [0, 0.1) is 0 Å². The minimum Gasteiger partial charge on any atom is -0.494 e. The molecule has 0 fully saturated rings. The molecule has 0 atom stereocenters. The van der Waals surface area contributed by atoms with Crippen molar-refractivity contribution in [1.82, 2.24) is 4.98 Å². The molecule has 0 saturated heterocycles. The lowest BCUT2D eigenvalue weighted by molar-refractivity contribution is 0.101. The Hall–Kier alpha value is -3.99. The number of carbonyl (C=O) groups is 2. The van der Waals surface area contributed by atoms with Gasteiger partial charge in [-0.05, 0) is 62.4 Å². The van der Waals surface area contributed by atoms with E-state index in [1.54, 1.807) is 30.3 Å². The molecule has 1 amide bonds. The van der Waals surface area contributed by atoms with Gasteiger partial charge in [0.05, 0.1) is 23.4 Å². The molecule has 1 heterocycles. The summed E-state index contributed by atoms with van der Waals surface area (Å²) in [6, 6.07) is 23.9. The number of pyridine rings is 1. The number of anilines is 1. The number of nitrogens with zero attached hydrogens (tertiary/aromatic N) is 1. The Morgan fingerprint density at radius 2 is 1.71 bits per heavy atom. The number of ketones is 1. The third kappa shape index (κ3) is 4.46. The lowest BCUT2D eigenvalue weighted by Crippen LogP contribution is -2.13. The first-order valence-electron chi connectivity index (χ1n) is 10.1. The number of nitrogens with one attached hydrogen (secondary N) is 1. The highest BCUT2D eigenvalue weighted by molar-refractivity contribution is 6.13. The molecule has 3 aromatic carbocycles. The van der Waals surface area contributed by atoms with Gasteiger partial charge in [-0.2, -0.15) is 0 Å². The van der Waals surface area contributed by atoms with E-state index in [4.69, 9.17) is 9.72 Å². The van der Waals surface area contributed by atoms with Crippen molar-refractivity contribution in [2.75, 3.05) is 11.9 Å². The van der Waals surface area contributed by atoms with Crippen molar-refractivity contribution in [3.8, 4) is 17.0 Å². The summed E-state index contributed by atoms with van der Waals surface area (Å²) in [4.78, 5) is 29.6. The number of benzene rings is 3. The van der Waals surface area contributed by atoms with Crippen LogP contribution < -0.4 is 10.1 Å². The monoisotopic (exact) mass is 410 g/mol. The van der Waals surface area contributed by atoms with E-state index in [1.807, 2.05) is 55.5 Å². The van der Waals surface area contributed by atoms with E-state index in [2.05, 4.69) is 5.32 Å². The average molecular weight is 410 g/mol. The van der Waals surface area contributed by atoms with Gasteiger partial charge < -0.3 is 10.1 Å². The quantitative estimate of drug-likeness (QED) is 0.411. The highest BCUT2D eigenvalue weighted by atomic mass is 16.5. The number of hydrogen-bond donors (Lipinski definition) is 1. The summed E-state index contributed by atoms with van der Waals surface area (Å²) in [7, 11) is 0. The molecule has 0 bridgehead atoms. The van der Waals surface area contributed by atoms with Crippen molar-refractivity contribution < 1.29 is 14.3 Å². The summed E-state index contributed by atoms with van der Waals surface area (Å²) in [5.41, 5.74) is 3.96. The van der Waals surface area contributed by atoms with Crippen LogP contribution in [0.5, 0.6) is 5.75 Å². The molecular formula is C26H22N2O3. The minimum atomic E-state index is -0.258. The zero-order valence-electron chi connectivity index (χ0n) is 17.4. The molecule has 0 unspecified atom stereocenters. The first-order valence-corrected chi connectivity index (χ1v) is 10.1. The molecule has 4 rings (SSSR count). The fraction of sp³-hybridized carbons (Fsp3) is 0.115. The van der Waals surface area contributed by atoms with Crippen LogP contribution in [-0.4, -0.2) is 23.3 Å². The lowest BCUT2D eigenvalue weighted by atomic mass is 10.0. The Kier molecular flexibility index (Phi) is 5.76. The van der Waals surface area contributed by atoms with Crippen LogP contribution in [0.1, 0.15) is 34.6 Å². The van der Waals surface area contributed by atoms with Gasteiger partial charge in [0.2, 0.25) is 0 Å². The summed E-state index contributed by atoms with van der Waals surface area (Å²) in [5.74, 6) is 0.477. The van der Waals surface area contributed by atoms with Crippen LogP contribution in [0.15, 0.2) is 78.9 Å². The molecule has 1 N–H and O–H groups in total. The second kappa shape index (κ2) is 8.79. The van der Waals surface area contributed by atoms with Gasteiger partial charge in [0, 0.05) is 22.2 Å². The normalized spacial score (nSPS) is 10.6. The maximum Gasteiger partial charge on any atom is 0.256 e. The van der Waals surface area contributed by atoms with Crippen LogP contribution in [0.2, 0.25) is 0 Å². The molecular weight excluding hydrogens is 388 g/mol. The van der Waals surface area contributed by atoms with Crippen molar-refractivity contribution >= 4 is 28.3 Å². The van der Waals surface area contributed by atoms with Crippen molar-refractivity contribution in [2.45, 2.75) is 13.8 Å². The van der Waals surface area contributed by atoms with E-state index in [-0.39, 0.29) is 11.7 Å². The smallest absolute Gasteiger partial charge is 0.256 e. The summed E-state index contributed by atoms with van der Waals surface area (Å²) in [6.45, 7) is 4.04. The van der Waals surface area contributed by atoms with Gasteiger partial charge in [-0.3, -0.25) is 9.59 Å². The molecule has 0 radical (unpaired) electrons. The number of Topliss-reactive ketones (excluding diaryl/α,β-unsaturated/α-hetero) is 1. The number of rotatable bonds is 6. The topological polar surface area (TPSA) is 68.3 Å². The zero-order chi connectivity index (χ0) is 21.8. The van der Waals surface area contributed by atoms with Crippen LogP contribution in [0.4, 0.5) is 5.69 Å². The Bertz CT molecular complexity index is 1260. The highest BCUT2D eigenvalue weighted by Crippen LogP contribution is 2.27. The third-order valence-corrected chi connectivity index (χ3v) is 4.95. The molecule has 5 nitrogen and oxygen atoms in total. The molecule has 4 aromatic rings. The number of carbonyl (C=O) groups excluding carboxylic acids is 2. The third-order valence-electron chi connectivity index (χ3n) is 4.95. The van der Waals surface area contributed by atoms with Crippen molar-refractivity contribution in [3.63, 3.8) is 0 Å². The number of para-hydroxylation sites is 1. The first-order chi connectivity index (χ1) is 15.0. The van der Waals surface area contributed by atoms with Gasteiger partial charge in [-0.25, -0.2) is 4.98 Å². The van der Waals surface area contributed by atoms with Gasteiger partial charge in [-0.1, -0.05) is 30.3 Å². The summed E-state index contributed by atoms with van der Waals surface area (Å²) < 4.78 is 5.51.